The molecule has 0 unspecified atom stereocenters. The summed E-state index contributed by atoms with van der Waals surface area (Å²) in [6, 6.07) is 6.68. The summed E-state index contributed by atoms with van der Waals surface area (Å²) in [4.78, 5) is 37.2. The smallest absolute Gasteiger partial charge is 0.254 e. The zero-order chi connectivity index (χ0) is 20.6. The zero-order valence-electron chi connectivity index (χ0n) is 16.1. The fourth-order valence-corrected chi connectivity index (χ4v) is 4.15. The topological polar surface area (TPSA) is 113 Å². The van der Waals surface area contributed by atoms with E-state index in [0.29, 0.717) is 25.1 Å². The Morgan fingerprint density at radius 1 is 1.18 bits per heavy atom. The average molecular weight is 410 g/mol. The first-order chi connectivity index (χ1) is 13.3. The van der Waals surface area contributed by atoms with Crippen molar-refractivity contribution in [1.82, 2.24) is 15.5 Å². The molecule has 0 radical (unpaired) electrons. The van der Waals surface area contributed by atoms with Gasteiger partial charge in [-0.3, -0.25) is 14.4 Å². The Kier molecular flexibility index (Phi) is 7.98. The molecule has 9 heteroatoms. The van der Waals surface area contributed by atoms with Crippen LogP contribution in [0.4, 0.5) is 0 Å². The maximum absolute atomic E-state index is 12.4. The molecule has 0 aliphatic carbocycles. The van der Waals surface area contributed by atoms with E-state index >= 15 is 0 Å². The van der Waals surface area contributed by atoms with E-state index in [4.69, 9.17) is 0 Å². The van der Waals surface area contributed by atoms with Gasteiger partial charge < -0.3 is 15.5 Å². The number of carbonyl (C=O) groups excluding carboxylic acids is 3. The van der Waals surface area contributed by atoms with Crippen molar-refractivity contribution >= 4 is 27.6 Å². The highest BCUT2D eigenvalue weighted by atomic mass is 32.2. The number of hydrogen-bond donors (Lipinski definition) is 2. The van der Waals surface area contributed by atoms with Crippen LogP contribution < -0.4 is 10.6 Å². The highest BCUT2D eigenvalue weighted by molar-refractivity contribution is 7.92. The predicted molar refractivity (Wildman–Crippen MR) is 105 cm³/mol. The highest BCUT2D eigenvalue weighted by Crippen LogP contribution is 2.09. The monoisotopic (exact) mass is 409 g/mol. The van der Waals surface area contributed by atoms with E-state index in [9.17, 15) is 22.8 Å². The minimum Gasteiger partial charge on any atom is -0.353 e. The summed E-state index contributed by atoms with van der Waals surface area (Å²) in [5.41, 5.74) is 1.22. The van der Waals surface area contributed by atoms with Crippen LogP contribution in [-0.4, -0.2) is 62.2 Å². The Morgan fingerprint density at radius 2 is 1.89 bits per heavy atom. The summed E-state index contributed by atoms with van der Waals surface area (Å²) in [7, 11) is -3.39. The molecule has 0 spiro atoms. The SMILES string of the molecule is CCCCCS(=O)(=O)CC(=O)NCc1ccc(C(=O)N2CCNC(=O)C2)cc1. The average Bonchev–Trinajstić information content (AvgIpc) is 2.66. The van der Waals surface area contributed by atoms with E-state index in [2.05, 4.69) is 10.6 Å². The van der Waals surface area contributed by atoms with Gasteiger partial charge in [-0.25, -0.2) is 8.42 Å². The first-order valence-electron chi connectivity index (χ1n) is 9.43. The Labute approximate surface area is 165 Å². The van der Waals surface area contributed by atoms with Crippen LogP contribution >= 0.6 is 0 Å². The molecule has 1 saturated heterocycles. The van der Waals surface area contributed by atoms with E-state index < -0.39 is 21.5 Å². The molecular formula is C19H27N3O5S. The van der Waals surface area contributed by atoms with E-state index in [-0.39, 0.29) is 30.7 Å². The maximum atomic E-state index is 12.4. The molecule has 2 N–H and O–H groups in total. The van der Waals surface area contributed by atoms with Crippen molar-refractivity contribution in [3.05, 3.63) is 35.4 Å². The number of hydrogen-bond acceptors (Lipinski definition) is 5. The molecule has 0 saturated carbocycles. The Morgan fingerprint density at radius 3 is 2.54 bits per heavy atom. The van der Waals surface area contributed by atoms with Crippen LogP contribution in [0.5, 0.6) is 0 Å². The largest absolute Gasteiger partial charge is 0.353 e. The molecule has 0 atom stereocenters. The lowest BCUT2D eigenvalue weighted by Crippen LogP contribution is -2.49. The Hall–Kier alpha value is -2.42. The van der Waals surface area contributed by atoms with Gasteiger partial charge in [-0.2, -0.15) is 0 Å². The van der Waals surface area contributed by atoms with E-state index in [0.717, 1.165) is 18.4 Å². The molecule has 1 aliphatic heterocycles. The second kappa shape index (κ2) is 10.2. The van der Waals surface area contributed by atoms with Crippen LogP contribution in [0.2, 0.25) is 0 Å². The molecule has 28 heavy (non-hydrogen) atoms. The van der Waals surface area contributed by atoms with Crippen LogP contribution in [-0.2, 0) is 26.0 Å². The van der Waals surface area contributed by atoms with Crippen molar-refractivity contribution in [2.75, 3.05) is 31.1 Å². The standard InChI is InChI=1S/C19H27N3O5S/c1-2-3-4-11-28(26,27)14-18(24)21-12-15-5-7-16(8-6-15)19(25)22-10-9-20-17(23)13-22/h5-8H,2-4,9-14H2,1H3,(H,20,23)(H,21,24). The van der Waals surface area contributed by atoms with Gasteiger partial charge in [-0.1, -0.05) is 31.9 Å². The number of carbonyl (C=O) groups is 3. The third-order valence-electron chi connectivity index (χ3n) is 4.43. The first-order valence-corrected chi connectivity index (χ1v) is 11.2. The van der Waals surface area contributed by atoms with Gasteiger partial charge in [0.1, 0.15) is 5.75 Å². The Balaban J connectivity index is 1.83. The fraction of sp³-hybridized carbons (Fsp3) is 0.526. The zero-order valence-corrected chi connectivity index (χ0v) is 16.9. The second-order valence-corrected chi connectivity index (χ2v) is 9.03. The van der Waals surface area contributed by atoms with Crippen LogP contribution in [0.1, 0.15) is 42.1 Å². The van der Waals surface area contributed by atoms with Gasteiger partial charge in [0.25, 0.3) is 5.91 Å². The van der Waals surface area contributed by atoms with Gasteiger partial charge in [-0.05, 0) is 24.1 Å². The van der Waals surface area contributed by atoms with Crippen LogP contribution in [0, 0.1) is 0 Å². The predicted octanol–water partition coefficient (Wildman–Crippen LogP) is 0.480. The number of rotatable bonds is 9. The molecule has 2 rings (SSSR count). The van der Waals surface area contributed by atoms with E-state index in [1.54, 1.807) is 24.3 Å². The summed E-state index contributed by atoms with van der Waals surface area (Å²) in [5.74, 6) is -1.41. The lowest BCUT2D eigenvalue weighted by molar-refractivity contribution is -0.123. The normalized spacial score (nSPS) is 14.5. The van der Waals surface area contributed by atoms with E-state index in [1.165, 1.54) is 4.90 Å². The van der Waals surface area contributed by atoms with Crippen molar-refractivity contribution in [2.45, 2.75) is 32.7 Å². The lowest BCUT2D eigenvalue weighted by Gasteiger charge is -2.26. The molecule has 1 aliphatic rings. The van der Waals surface area contributed by atoms with Crippen molar-refractivity contribution in [3.8, 4) is 0 Å². The van der Waals surface area contributed by atoms with Gasteiger partial charge in [0.15, 0.2) is 9.84 Å². The van der Waals surface area contributed by atoms with Crippen LogP contribution in [0.25, 0.3) is 0 Å². The summed E-state index contributed by atoms with van der Waals surface area (Å²) >= 11 is 0. The second-order valence-electron chi connectivity index (χ2n) is 6.85. The summed E-state index contributed by atoms with van der Waals surface area (Å²) in [6.45, 7) is 3.12. The molecular weight excluding hydrogens is 382 g/mol. The molecule has 1 fully saturated rings. The molecule has 0 bridgehead atoms. The Bertz CT molecular complexity index is 805. The third-order valence-corrected chi connectivity index (χ3v) is 6.04. The number of nitrogens with zero attached hydrogens (tertiary/aromatic N) is 1. The quantitative estimate of drug-likeness (QED) is 0.576. The van der Waals surface area contributed by atoms with Crippen molar-refractivity contribution < 1.29 is 22.8 Å². The number of unbranched alkanes of at least 4 members (excludes halogenated alkanes) is 2. The lowest BCUT2D eigenvalue weighted by atomic mass is 10.1. The molecule has 0 aromatic heterocycles. The molecule has 154 valence electrons. The van der Waals surface area contributed by atoms with Gasteiger partial charge >= 0.3 is 0 Å². The first kappa shape index (κ1) is 21.9. The van der Waals surface area contributed by atoms with Gasteiger partial charge in [0.05, 0.1) is 12.3 Å². The van der Waals surface area contributed by atoms with Gasteiger partial charge in [0, 0.05) is 25.2 Å². The van der Waals surface area contributed by atoms with Crippen molar-refractivity contribution in [3.63, 3.8) is 0 Å². The highest BCUT2D eigenvalue weighted by Gasteiger charge is 2.22. The maximum Gasteiger partial charge on any atom is 0.254 e. The number of benzene rings is 1. The molecule has 1 aromatic rings. The number of nitrogens with one attached hydrogen (secondary N) is 2. The van der Waals surface area contributed by atoms with Crippen LogP contribution in [0.3, 0.4) is 0 Å². The number of piperazine rings is 1. The van der Waals surface area contributed by atoms with Gasteiger partial charge in [0.2, 0.25) is 11.8 Å². The number of amides is 3. The van der Waals surface area contributed by atoms with Crippen molar-refractivity contribution in [2.24, 2.45) is 0 Å². The van der Waals surface area contributed by atoms with Gasteiger partial charge in [-0.15, -0.1) is 0 Å². The third kappa shape index (κ3) is 6.95. The minimum absolute atomic E-state index is 0.0274. The fourth-order valence-electron chi connectivity index (χ4n) is 2.86. The number of sulfone groups is 1. The van der Waals surface area contributed by atoms with Crippen molar-refractivity contribution in [1.29, 1.82) is 0 Å². The van der Waals surface area contributed by atoms with E-state index in [1.807, 2.05) is 6.92 Å². The molecule has 1 heterocycles. The molecule has 1 aromatic carbocycles. The molecule has 8 nitrogen and oxygen atoms in total. The summed E-state index contributed by atoms with van der Waals surface area (Å²) in [5, 5.41) is 5.27. The summed E-state index contributed by atoms with van der Waals surface area (Å²) in [6.07, 6.45) is 2.32. The molecule has 3 amide bonds. The van der Waals surface area contributed by atoms with Crippen LogP contribution in [0.15, 0.2) is 24.3 Å². The minimum atomic E-state index is -3.39. The summed E-state index contributed by atoms with van der Waals surface area (Å²) < 4.78 is 23.8.